The van der Waals surface area contributed by atoms with E-state index in [0.29, 0.717) is 23.4 Å². The van der Waals surface area contributed by atoms with Gasteiger partial charge in [-0.05, 0) is 56.9 Å². The van der Waals surface area contributed by atoms with Gasteiger partial charge in [0.2, 0.25) is 11.8 Å². The van der Waals surface area contributed by atoms with Crippen LogP contribution in [0.1, 0.15) is 40.2 Å². The third-order valence-corrected chi connectivity index (χ3v) is 6.56. The Bertz CT molecular complexity index is 1010. The molecule has 2 amide bonds. The van der Waals surface area contributed by atoms with Crippen LogP contribution in [-0.4, -0.2) is 33.6 Å². The predicted molar refractivity (Wildman–Crippen MR) is 115 cm³/mol. The number of allylic oxidation sites excluding steroid dienone is 2. The van der Waals surface area contributed by atoms with Crippen LogP contribution in [-0.2, 0) is 22.6 Å². The summed E-state index contributed by atoms with van der Waals surface area (Å²) in [6, 6.07) is 9.61. The number of halogens is 1. The molecule has 0 N–H and O–H groups in total. The first kappa shape index (κ1) is 20.6. The third kappa shape index (κ3) is 3.74. The summed E-state index contributed by atoms with van der Waals surface area (Å²) in [6.45, 7) is 4.45. The molecule has 2 aliphatic rings. The summed E-state index contributed by atoms with van der Waals surface area (Å²) in [6.07, 6.45) is 5.89. The molecule has 156 valence electrons. The number of carbonyl (C=O) groups excluding carboxylic acids is 3. The summed E-state index contributed by atoms with van der Waals surface area (Å²) >= 11 is 5.95. The first-order chi connectivity index (χ1) is 14.4. The molecule has 0 bridgehead atoms. The summed E-state index contributed by atoms with van der Waals surface area (Å²) in [7, 11) is 0. The number of fused-ring (bicyclic) bond motifs is 1. The number of rotatable bonds is 6. The highest BCUT2D eigenvalue weighted by molar-refractivity contribution is 6.30. The van der Waals surface area contributed by atoms with Gasteiger partial charge in [0.15, 0.2) is 5.78 Å². The normalized spacial score (nSPS) is 20.7. The smallest absolute Gasteiger partial charge is 0.233 e. The molecule has 1 aliphatic carbocycles. The van der Waals surface area contributed by atoms with Crippen molar-refractivity contribution in [2.24, 2.45) is 11.8 Å². The number of aromatic nitrogens is 1. The van der Waals surface area contributed by atoms with Gasteiger partial charge in [-0.25, -0.2) is 0 Å². The lowest BCUT2D eigenvalue weighted by molar-refractivity contribution is -0.139. The minimum absolute atomic E-state index is 0.174. The molecule has 0 unspecified atom stereocenters. The number of aryl methyl sites for hydroxylation is 2. The Morgan fingerprint density at radius 3 is 2.23 bits per heavy atom. The first-order valence-corrected chi connectivity index (χ1v) is 10.7. The van der Waals surface area contributed by atoms with Crippen LogP contribution in [0.3, 0.4) is 0 Å². The second-order valence-corrected chi connectivity index (χ2v) is 8.59. The average molecular weight is 425 g/mol. The summed E-state index contributed by atoms with van der Waals surface area (Å²) in [5.41, 5.74) is 3.60. The van der Waals surface area contributed by atoms with E-state index in [9.17, 15) is 14.4 Å². The molecule has 1 aromatic heterocycles. The molecular weight excluding hydrogens is 400 g/mol. The van der Waals surface area contributed by atoms with Gasteiger partial charge in [-0.2, -0.15) is 0 Å². The molecule has 0 saturated carbocycles. The Labute approximate surface area is 181 Å². The van der Waals surface area contributed by atoms with Gasteiger partial charge < -0.3 is 4.57 Å². The van der Waals surface area contributed by atoms with Gasteiger partial charge in [-0.1, -0.05) is 35.9 Å². The van der Waals surface area contributed by atoms with Crippen molar-refractivity contribution in [2.45, 2.75) is 39.7 Å². The Morgan fingerprint density at radius 2 is 1.63 bits per heavy atom. The fraction of sp³-hybridized carbons (Fsp3) is 0.375. The van der Waals surface area contributed by atoms with Gasteiger partial charge in [0.25, 0.3) is 0 Å². The number of amides is 2. The highest BCUT2D eigenvalue weighted by Crippen LogP contribution is 2.35. The van der Waals surface area contributed by atoms with Crippen molar-refractivity contribution in [1.82, 2.24) is 9.47 Å². The second kappa shape index (κ2) is 8.23. The molecule has 2 aromatic rings. The van der Waals surface area contributed by atoms with E-state index in [1.807, 2.05) is 56.3 Å². The topological polar surface area (TPSA) is 59.4 Å². The highest BCUT2D eigenvalue weighted by atomic mass is 35.5. The molecule has 0 spiro atoms. The molecular formula is C24H25ClN2O3. The van der Waals surface area contributed by atoms with Crippen molar-refractivity contribution in [1.29, 1.82) is 0 Å². The van der Waals surface area contributed by atoms with Crippen LogP contribution in [0.2, 0.25) is 5.02 Å². The van der Waals surface area contributed by atoms with Crippen molar-refractivity contribution >= 4 is 29.2 Å². The van der Waals surface area contributed by atoms with Gasteiger partial charge >= 0.3 is 0 Å². The summed E-state index contributed by atoms with van der Waals surface area (Å²) < 4.78 is 2.11. The Kier molecular flexibility index (Phi) is 5.65. The van der Waals surface area contributed by atoms with Crippen LogP contribution < -0.4 is 0 Å². The Hall–Kier alpha value is -2.66. The molecule has 2 atom stereocenters. The first-order valence-electron chi connectivity index (χ1n) is 10.3. The number of benzene rings is 1. The number of hydrogen-bond acceptors (Lipinski definition) is 3. The van der Waals surface area contributed by atoms with Gasteiger partial charge in [0.1, 0.15) is 0 Å². The van der Waals surface area contributed by atoms with E-state index < -0.39 is 0 Å². The molecule has 1 saturated heterocycles. The van der Waals surface area contributed by atoms with E-state index in [-0.39, 0.29) is 36.0 Å². The van der Waals surface area contributed by atoms with E-state index in [0.717, 1.165) is 24.4 Å². The quantitative estimate of drug-likeness (QED) is 0.398. The Balaban J connectivity index is 1.47. The van der Waals surface area contributed by atoms with E-state index in [1.54, 1.807) is 0 Å². The standard InChI is InChI=1S/C24H25ClN2O3/c1-15-13-21(16(2)26(15)12-11-17-7-9-18(25)10-8-17)22(28)14-27-23(29)19-5-3-4-6-20(19)24(27)30/h3-4,7-10,13,19-20H,5-6,11-12,14H2,1-2H3/t19-,20-/m1/s1. The lowest BCUT2D eigenvalue weighted by atomic mass is 9.85. The molecule has 1 aliphatic heterocycles. The minimum atomic E-state index is -0.304. The Morgan fingerprint density at radius 1 is 1.03 bits per heavy atom. The van der Waals surface area contributed by atoms with Crippen molar-refractivity contribution in [3.63, 3.8) is 0 Å². The zero-order valence-corrected chi connectivity index (χ0v) is 18.0. The van der Waals surface area contributed by atoms with Crippen molar-refractivity contribution in [2.75, 3.05) is 6.54 Å². The van der Waals surface area contributed by atoms with Gasteiger partial charge in [-0.15, -0.1) is 0 Å². The number of nitrogens with zero attached hydrogens (tertiary/aromatic N) is 2. The highest BCUT2D eigenvalue weighted by Gasteiger charge is 2.47. The van der Waals surface area contributed by atoms with Crippen LogP contribution in [0.25, 0.3) is 0 Å². The minimum Gasteiger partial charge on any atom is -0.348 e. The fourth-order valence-corrected chi connectivity index (χ4v) is 4.70. The van der Waals surface area contributed by atoms with E-state index in [2.05, 4.69) is 4.57 Å². The van der Waals surface area contributed by atoms with E-state index in [4.69, 9.17) is 11.6 Å². The van der Waals surface area contributed by atoms with E-state index in [1.165, 1.54) is 10.5 Å². The van der Waals surface area contributed by atoms with Crippen LogP contribution >= 0.6 is 11.6 Å². The van der Waals surface area contributed by atoms with Crippen molar-refractivity contribution in [3.05, 3.63) is 70.0 Å². The van der Waals surface area contributed by atoms with Crippen LogP contribution in [0.5, 0.6) is 0 Å². The van der Waals surface area contributed by atoms with Crippen molar-refractivity contribution < 1.29 is 14.4 Å². The molecule has 5 nitrogen and oxygen atoms in total. The lowest BCUT2D eigenvalue weighted by Gasteiger charge is -2.14. The number of likely N-dealkylation sites (tertiary alicyclic amines) is 1. The zero-order valence-electron chi connectivity index (χ0n) is 17.2. The maximum Gasteiger partial charge on any atom is 0.233 e. The summed E-state index contributed by atoms with van der Waals surface area (Å²) in [5, 5.41) is 0.710. The molecule has 1 fully saturated rings. The van der Waals surface area contributed by atoms with Crippen LogP contribution in [0, 0.1) is 25.7 Å². The van der Waals surface area contributed by atoms with Crippen LogP contribution in [0.4, 0.5) is 0 Å². The number of ketones is 1. The number of Topliss-reactive ketones (excluding diaryl/α,β-unsaturated/α-hetero) is 1. The summed E-state index contributed by atoms with van der Waals surface area (Å²) in [5.74, 6) is -1.21. The molecule has 4 rings (SSSR count). The fourth-order valence-electron chi connectivity index (χ4n) is 4.57. The molecule has 0 radical (unpaired) electrons. The zero-order chi connectivity index (χ0) is 21.4. The monoisotopic (exact) mass is 424 g/mol. The van der Waals surface area contributed by atoms with Crippen LogP contribution in [0.15, 0.2) is 42.5 Å². The average Bonchev–Trinajstić information content (AvgIpc) is 3.16. The van der Waals surface area contributed by atoms with Gasteiger partial charge in [0, 0.05) is 28.5 Å². The second-order valence-electron chi connectivity index (χ2n) is 8.15. The largest absolute Gasteiger partial charge is 0.348 e. The van der Waals surface area contributed by atoms with Gasteiger partial charge in [0.05, 0.1) is 18.4 Å². The molecule has 30 heavy (non-hydrogen) atoms. The molecule has 1 aromatic carbocycles. The molecule has 6 heteroatoms. The van der Waals surface area contributed by atoms with Gasteiger partial charge in [-0.3, -0.25) is 19.3 Å². The summed E-state index contributed by atoms with van der Waals surface area (Å²) in [4.78, 5) is 39.5. The maximum atomic E-state index is 13.0. The lowest BCUT2D eigenvalue weighted by Crippen LogP contribution is -2.36. The maximum absolute atomic E-state index is 13.0. The molecule has 2 heterocycles. The number of hydrogen-bond donors (Lipinski definition) is 0. The number of carbonyl (C=O) groups is 3. The number of imide groups is 1. The SMILES string of the molecule is Cc1cc(C(=O)CN2C(=O)[C@@H]3CC=CC[C@H]3C2=O)c(C)n1CCc1ccc(Cl)cc1. The predicted octanol–water partition coefficient (Wildman–Crippen LogP) is 4.13. The van der Waals surface area contributed by atoms with Crippen molar-refractivity contribution in [3.8, 4) is 0 Å². The van der Waals surface area contributed by atoms with E-state index >= 15 is 0 Å². The third-order valence-electron chi connectivity index (χ3n) is 6.31.